The molecular formula is C20H20N2O2. The minimum absolute atomic E-state index is 0.0423. The molecular weight excluding hydrogens is 300 g/mol. The average Bonchev–Trinajstić information content (AvgIpc) is 2.61. The van der Waals surface area contributed by atoms with Crippen LogP contribution in [0.4, 0.5) is 0 Å². The third kappa shape index (κ3) is 3.13. The number of pyridine rings is 2. The van der Waals surface area contributed by atoms with Crippen molar-refractivity contribution in [2.45, 2.75) is 26.7 Å². The molecule has 3 aromatic rings. The summed E-state index contributed by atoms with van der Waals surface area (Å²) in [5.41, 5.74) is 4.62. The van der Waals surface area contributed by atoms with E-state index in [-0.39, 0.29) is 5.78 Å². The predicted octanol–water partition coefficient (Wildman–Crippen LogP) is 4.13. The van der Waals surface area contributed by atoms with Crippen molar-refractivity contribution in [1.82, 2.24) is 9.97 Å². The zero-order valence-electron chi connectivity index (χ0n) is 14.2. The molecule has 0 aliphatic carbocycles. The van der Waals surface area contributed by atoms with Gasteiger partial charge in [-0.3, -0.25) is 9.78 Å². The molecule has 1 aromatic carbocycles. The number of methoxy groups -OCH3 is 1. The monoisotopic (exact) mass is 320 g/mol. The molecule has 0 unspecified atom stereocenters. The van der Waals surface area contributed by atoms with Gasteiger partial charge in [-0.05, 0) is 30.5 Å². The summed E-state index contributed by atoms with van der Waals surface area (Å²) in [5, 5.41) is 0.879. The number of Topliss-reactive ketones (excluding diaryl/α,β-unsaturated/α-hetero) is 1. The minimum atomic E-state index is -0.0423. The molecule has 0 N–H and O–H groups in total. The number of nitrogens with zero attached hydrogens (tertiary/aromatic N) is 2. The van der Waals surface area contributed by atoms with Crippen LogP contribution in [-0.2, 0) is 6.42 Å². The van der Waals surface area contributed by atoms with Crippen molar-refractivity contribution in [1.29, 1.82) is 0 Å². The van der Waals surface area contributed by atoms with Crippen LogP contribution in [0.2, 0.25) is 0 Å². The maximum Gasteiger partial charge on any atom is 0.184 e. The number of fused-ring (bicyclic) bond motifs is 1. The highest BCUT2D eigenvalue weighted by molar-refractivity contribution is 6.01. The van der Waals surface area contributed by atoms with Gasteiger partial charge in [0, 0.05) is 24.2 Å². The van der Waals surface area contributed by atoms with Crippen LogP contribution in [-0.4, -0.2) is 22.9 Å². The van der Waals surface area contributed by atoms with Gasteiger partial charge in [0.05, 0.1) is 7.11 Å². The molecule has 0 saturated heterocycles. The largest absolute Gasteiger partial charge is 0.492 e. The van der Waals surface area contributed by atoms with Crippen molar-refractivity contribution in [3.8, 4) is 5.75 Å². The van der Waals surface area contributed by atoms with Gasteiger partial charge in [-0.1, -0.05) is 36.8 Å². The molecule has 0 fully saturated rings. The Bertz CT molecular complexity index is 886. The minimum Gasteiger partial charge on any atom is -0.492 e. The van der Waals surface area contributed by atoms with E-state index in [1.165, 1.54) is 11.1 Å². The molecule has 0 radical (unpaired) electrons. The molecule has 0 saturated carbocycles. The van der Waals surface area contributed by atoms with Gasteiger partial charge in [-0.2, -0.15) is 0 Å². The molecule has 0 aliphatic heterocycles. The quantitative estimate of drug-likeness (QED) is 0.663. The van der Waals surface area contributed by atoms with Crippen LogP contribution in [0.25, 0.3) is 10.9 Å². The Balaban J connectivity index is 1.99. The predicted molar refractivity (Wildman–Crippen MR) is 94.7 cm³/mol. The first-order chi connectivity index (χ1) is 11.6. The summed E-state index contributed by atoms with van der Waals surface area (Å²) in [6.45, 7) is 3.89. The third-order valence-corrected chi connectivity index (χ3v) is 4.05. The molecule has 0 amide bonds. The first-order valence-corrected chi connectivity index (χ1v) is 8.02. The molecule has 4 nitrogen and oxygen atoms in total. The van der Waals surface area contributed by atoms with E-state index in [4.69, 9.17) is 4.74 Å². The van der Waals surface area contributed by atoms with Crippen molar-refractivity contribution < 1.29 is 9.53 Å². The van der Waals surface area contributed by atoms with Gasteiger partial charge in [-0.15, -0.1) is 0 Å². The van der Waals surface area contributed by atoms with Crippen LogP contribution in [0.15, 0.2) is 42.7 Å². The van der Waals surface area contributed by atoms with Crippen molar-refractivity contribution >= 4 is 16.7 Å². The van der Waals surface area contributed by atoms with Crippen molar-refractivity contribution in [3.05, 3.63) is 65.1 Å². The lowest BCUT2D eigenvalue weighted by molar-refractivity contribution is 0.0980. The van der Waals surface area contributed by atoms with Crippen LogP contribution in [0.3, 0.4) is 0 Å². The summed E-state index contributed by atoms with van der Waals surface area (Å²) < 4.78 is 5.41. The van der Waals surface area contributed by atoms with Gasteiger partial charge in [0.15, 0.2) is 17.2 Å². The van der Waals surface area contributed by atoms with Crippen LogP contribution in [0, 0.1) is 6.92 Å². The Morgan fingerprint density at radius 1 is 1.08 bits per heavy atom. The summed E-state index contributed by atoms with van der Waals surface area (Å²) in [6.07, 6.45) is 4.73. The fraction of sp³-hybridized carbons (Fsp3) is 0.250. The van der Waals surface area contributed by atoms with E-state index in [1.54, 1.807) is 13.3 Å². The number of hydrogen-bond acceptors (Lipinski definition) is 4. The molecule has 24 heavy (non-hydrogen) atoms. The number of ether oxygens (including phenoxy) is 1. The molecule has 2 heterocycles. The molecule has 0 aliphatic rings. The fourth-order valence-corrected chi connectivity index (χ4v) is 2.72. The van der Waals surface area contributed by atoms with Crippen LogP contribution < -0.4 is 4.74 Å². The van der Waals surface area contributed by atoms with Gasteiger partial charge in [0.1, 0.15) is 5.52 Å². The lowest BCUT2D eigenvalue weighted by Crippen LogP contribution is -2.05. The summed E-state index contributed by atoms with van der Waals surface area (Å²) in [7, 11) is 1.55. The number of aryl methyl sites for hydroxylation is 1. The van der Waals surface area contributed by atoms with Gasteiger partial charge >= 0.3 is 0 Å². The topological polar surface area (TPSA) is 52.1 Å². The van der Waals surface area contributed by atoms with E-state index in [0.717, 1.165) is 17.4 Å². The van der Waals surface area contributed by atoms with Gasteiger partial charge < -0.3 is 4.74 Å². The second-order valence-electron chi connectivity index (χ2n) is 5.86. The maximum absolute atomic E-state index is 12.0. The molecule has 122 valence electrons. The van der Waals surface area contributed by atoms with E-state index >= 15 is 0 Å². The van der Waals surface area contributed by atoms with Crippen molar-refractivity contribution in [2.24, 2.45) is 0 Å². The van der Waals surface area contributed by atoms with Gasteiger partial charge in [-0.25, -0.2) is 4.98 Å². The Morgan fingerprint density at radius 2 is 1.83 bits per heavy atom. The highest BCUT2D eigenvalue weighted by atomic mass is 16.5. The van der Waals surface area contributed by atoms with Crippen molar-refractivity contribution in [3.63, 3.8) is 0 Å². The Hall–Kier alpha value is -2.75. The van der Waals surface area contributed by atoms with E-state index in [9.17, 15) is 4.79 Å². The highest BCUT2D eigenvalue weighted by Crippen LogP contribution is 2.28. The normalized spacial score (nSPS) is 10.8. The standard InChI is InChI=1S/C20H20N2O2/c1-4-17(23)19-20(24-3)18-16(12-22-19)10-15(11-21-18)9-14-7-5-13(2)6-8-14/h5-8,10-12H,4,9H2,1-3H3. The van der Waals surface area contributed by atoms with E-state index < -0.39 is 0 Å². The third-order valence-electron chi connectivity index (χ3n) is 4.05. The summed E-state index contributed by atoms with van der Waals surface area (Å²) >= 11 is 0. The van der Waals surface area contributed by atoms with E-state index in [1.807, 2.05) is 13.1 Å². The zero-order valence-corrected chi connectivity index (χ0v) is 14.2. The summed E-state index contributed by atoms with van der Waals surface area (Å²) in [5.74, 6) is 0.417. The number of carbonyl (C=O) groups is 1. The number of aromatic nitrogens is 2. The summed E-state index contributed by atoms with van der Waals surface area (Å²) in [4.78, 5) is 20.8. The molecule has 0 atom stereocenters. The Labute approximate surface area is 141 Å². The second-order valence-corrected chi connectivity index (χ2v) is 5.86. The molecule has 4 heteroatoms. The number of carbonyl (C=O) groups excluding carboxylic acids is 1. The Kier molecular flexibility index (Phi) is 4.56. The van der Waals surface area contributed by atoms with Gasteiger partial charge in [0.2, 0.25) is 0 Å². The molecule has 2 aromatic heterocycles. The van der Waals surface area contributed by atoms with E-state index in [2.05, 4.69) is 47.2 Å². The smallest absolute Gasteiger partial charge is 0.184 e. The summed E-state index contributed by atoms with van der Waals surface area (Å²) in [6, 6.07) is 10.5. The number of ketones is 1. The Morgan fingerprint density at radius 3 is 2.50 bits per heavy atom. The first-order valence-electron chi connectivity index (χ1n) is 8.02. The van der Waals surface area contributed by atoms with Gasteiger partial charge in [0.25, 0.3) is 0 Å². The van der Waals surface area contributed by atoms with Crippen molar-refractivity contribution in [2.75, 3.05) is 7.11 Å². The SMILES string of the molecule is CCC(=O)c1ncc2cc(Cc3ccc(C)cc3)cnc2c1OC. The lowest BCUT2D eigenvalue weighted by atomic mass is 10.0. The van der Waals surface area contributed by atoms with Crippen LogP contribution in [0.5, 0.6) is 5.75 Å². The number of hydrogen-bond donors (Lipinski definition) is 0. The maximum atomic E-state index is 12.0. The molecule has 0 bridgehead atoms. The number of benzene rings is 1. The van der Waals surface area contributed by atoms with Crippen LogP contribution >= 0.6 is 0 Å². The molecule has 0 spiro atoms. The molecule has 3 rings (SSSR count). The van der Waals surface area contributed by atoms with Crippen LogP contribution in [0.1, 0.15) is 40.5 Å². The fourth-order valence-electron chi connectivity index (χ4n) is 2.72. The second kappa shape index (κ2) is 6.79. The van der Waals surface area contributed by atoms with E-state index in [0.29, 0.717) is 23.4 Å². The lowest BCUT2D eigenvalue weighted by Gasteiger charge is -2.10. The first kappa shape index (κ1) is 16.1. The highest BCUT2D eigenvalue weighted by Gasteiger charge is 2.16. The average molecular weight is 320 g/mol. The number of rotatable bonds is 5. The zero-order chi connectivity index (χ0) is 17.1.